The van der Waals surface area contributed by atoms with E-state index in [9.17, 15) is 0 Å². The Labute approximate surface area is 735 Å². The molecule has 15 heterocycles. The molecule has 122 heavy (non-hydrogen) atoms. The highest BCUT2D eigenvalue weighted by Crippen LogP contribution is 2.45. The number of rotatable bonds is 9. The van der Waals surface area contributed by atoms with Crippen molar-refractivity contribution in [3.63, 3.8) is 0 Å². The average molecular weight is 1850 g/mol. The summed E-state index contributed by atoms with van der Waals surface area (Å²) in [6.45, 7) is 54.0. The number of hydrogen-bond donors (Lipinski definition) is 5. The molecule has 4 aromatic carbocycles. The van der Waals surface area contributed by atoms with Gasteiger partial charge in [0.1, 0.15) is 35.5 Å². The first-order chi connectivity index (χ1) is 57.7. The Bertz CT molecular complexity index is 6240. The summed E-state index contributed by atoms with van der Waals surface area (Å²) in [5.41, 5.74) is 29.1. The summed E-state index contributed by atoms with van der Waals surface area (Å²) in [7, 11) is -0.737. The monoisotopic (exact) mass is 1850 g/mol. The summed E-state index contributed by atoms with van der Waals surface area (Å²) < 4.78 is 64.5. The zero-order valence-corrected chi connectivity index (χ0v) is 79.4. The van der Waals surface area contributed by atoms with Gasteiger partial charge >= 0.3 is 14.2 Å². The van der Waals surface area contributed by atoms with Gasteiger partial charge in [-0.1, -0.05) is 52.5 Å². The number of ether oxygens (including phenoxy) is 2. The maximum absolute atomic E-state index is 6.20. The van der Waals surface area contributed by atoms with E-state index < -0.39 is 0 Å². The zero-order chi connectivity index (χ0) is 87.8. The lowest BCUT2D eigenvalue weighted by Gasteiger charge is -2.32. The topological polar surface area (TPSA) is 339 Å². The van der Waals surface area contributed by atoms with Gasteiger partial charge < -0.3 is 46.2 Å². The summed E-state index contributed by atoms with van der Waals surface area (Å²) in [6.07, 6.45) is 6.70. The first-order valence-corrected chi connectivity index (χ1v) is 43.8. The third-order valence-electron chi connectivity index (χ3n) is 24.5. The minimum Gasteiger partial charge on any atom is -0.399 e. The Morgan fingerprint density at radius 1 is 0.344 bits per heavy atom. The molecule has 11 aromatic heterocycles. The van der Waals surface area contributed by atoms with Crippen LogP contribution < -0.4 is 10.9 Å². The lowest BCUT2D eigenvalue weighted by atomic mass is 9.77. The van der Waals surface area contributed by atoms with E-state index in [-0.39, 0.29) is 49.1 Å². The summed E-state index contributed by atoms with van der Waals surface area (Å²) in [5, 5.41) is 67.4. The minimum absolute atomic E-state index is 0.0119. The summed E-state index contributed by atoms with van der Waals surface area (Å²) in [5.74, 6) is 3.21. The Hall–Kier alpha value is -9.44. The van der Waals surface area contributed by atoms with Gasteiger partial charge in [-0.15, -0.1) is 0 Å². The number of halogens is 3. The van der Waals surface area contributed by atoms with Crippen LogP contribution >= 0.6 is 47.8 Å². The molecule has 4 fully saturated rings. The number of nitrogens with one attached hydrogen (secondary N) is 5. The van der Waals surface area contributed by atoms with Gasteiger partial charge in [-0.2, -0.15) is 35.7 Å². The second kappa shape index (κ2) is 34.9. The number of aromatic nitrogens is 18. The van der Waals surface area contributed by atoms with Crippen molar-refractivity contribution in [2.24, 2.45) is 0 Å². The van der Waals surface area contributed by atoms with Gasteiger partial charge in [-0.05, 0) is 311 Å². The number of aromatic amines is 5. The van der Waals surface area contributed by atoms with Crippen LogP contribution in [0, 0.1) is 125 Å². The van der Waals surface area contributed by atoms with Gasteiger partial charge in [0.15, 0.2) is 0 Å². The SMILES string of the molecule is Cc1[nH]nc2cc(Br)cc(Br)c12.Cc1n[nH]c(C)c1-c1cc(-c2c(C)noc2C)cc2n[nH]c(C)c12.Cc1nn(C2CCCCO2)c(C)c1B1OC(C)(C)C(C)(C)O1.Cc1noc(C)c1-c1cc(-c2c(C)nn(C3CCCCO3)c2C)c2c(C)[nH]nc2c1.Cc1noc(C)c1-c1cc(Br)c2c(C)[nH]nc2c1.Cc1noc(C)c1B1OC(C)(C)C(C)(C)O1. The third kappa shape index (κ3) is 17.2. The molecule has 0 aliphatic carbocycles. The average Bonchev–Trinajstić information content (AvgIpc) is 2.03. The number of fused-ring (bicyclic) bond motifs is 4. The van der Waals surface area contributed by atoms with Gasteiger partial charge in [0.25, 0.3) is 0 Å². The molecule has 4 saturated heterocycles. The van der Waals surface area contributed by atoms with Crippen LogP contribution in [0.15, 0.2) is 80.0 Å². The molecular formula is C89H109B2Br3N18O10. The molecular weight excluding hydrogens is 1740 g/mol. The highest BCUT2D eigenvalue weighted by molar-refractivity contribution is 9.11. The van der Waals surface area contributed by atoms with Crippen LogP contribution in [0.3, 0.4) is 0 Å². The molecule has 0 saturated carbocycles. The number of H-pyrrole nitrogens is 5. The minimum atomic E-state index is -0.378. The van der Waals surface area contributed by atoms with E-state index in [1.54, 1.807) is 0 Å². The predicted octanol–water partition coefficient (Wildman–Crippen LogP) is 20.9. The molecule has 28 nitrogen and oxygen atoms in total. The molecule has 0 amide bonds. The summed E-state index contributed by atoms with van der Waals surface area (Å²) >= 11 is 10.5. The van der Waals surface area contributed by atoms with Crippen molar-refractivity contribution in [3.05, 3.63) is 165 Å². The molecule has 19 rings (SSSR count). The molecule has 2 unspecified atom stereocenters. The van der Waals surface area contributed by atoms with Crippen LogP contribution in [0.5, 0.6) is 0 Å². The van der Waals surface area contributed by atoms with Crippen molar-refractivity contribution in [1.82, 2.24) is 91.2 Å². The second-order valence-corrected chi connectivity index (χ2v) is 37.0. The Morgan fingerprint density at radius 3 is 1.10 bits per heavy atom. The summed E-state index contributed by atoms with van der Waals surface area (Å²) in [4.78, 5) is 0. The normalized spacial score (nSPS) is 17.2. The highest BCUT2D eigenvalue weighted by Gasteiger charge is 2.55. The fourth-order valence-corrected chi connectivity index (χ4v) is 19.0. The van der Waals surface area contributed by atoms with Crippen molar-refractivity contribution in [1.29, 1.82) is 0 Å². The molecule has 33 heteroatoms. The number of benzene rings is 4. The Morgan fingerprint density at radius 2 is 0.705 bits per heavy atom. The van der Waals surface area contributed by atoms with Gasteiger partial charge in [-0.3, -0.25) is 25.5 Å². The first-order valence-electron chi connectivity index (χ1n) is 41.4. The second-order valence-electron chi connectivity index (χ2n) is 34.3. The van der Waals surface area contributed by atoms with Crippen LogP contribution in [-0.2, 0) is 28.1 Å². The number of aryl methyl sites for hydroxylation is 16. The first kappa shape index (κ1) is 88.9. The molecule has 5 N–H and O–H groups in total. The number of nitrogens with zero attached hydrogens (tertiary/aromatic N) is 13. The quantitative estimate of drug-likeness (QED) is 0.0838. The maximum Gasteiger partial charge on any atom is 0.500 e. The molecule has 2 atom stereocenters. The molecule has 4 aliphatic heterocycles. The van der Waals surface area contributed by atoms with E-state index in [0.717, 1.165) is 265 Å². The lowest BCUT2D eigenvalue weighted by Crippen LogP contribution is -2.41. The predicted molar refractivity (Wildman–Crippen MR) is 486 cm³/mol. The van der Waals surface area contributed by atoms with Crippen molar-refractivity contribution in [2.75, 3.05) is 13.2 Å². The highest BCUT2D eigenvalue weighted by atomic mass is 79.9. The van der Waals surface area contributed by atoms with E-state index in [1.807, 2.05) is 141 Å². The Balaban J connectivity index is 0.000000122. The van der Waals surface area contributed by atoms with Gasteiger partial charge in [0.05, 0.1) is 84.3 Å². The zero-order valence-electron chi connectivity index (χ0n) is 74.6. The van der Waals surface area contributed by atoms with Gasteiger partial charge in [0.2, 0.25) is 0 Å². The van der Waals surface area contributed by atoms with Gasteiger partial charge in [0, 0.05) is 127 Å². The van der Waals surface area contributed by atoms with E-state index in [1.165, 1.54) is 12.8 Å². The van der Waals surface area contributed by atoms with Crippen molar-refractivity contribution in [2.45, 2.75) is 253 Å². The fourth-order valence-electron chi connectivity index (χ4n) is 16.8. The van der Waals surface area contributed by atoms with Crippen molar-refractivity contribution in [3.8, 4) is 55.6 Å². The fraction of sp³-hybridized carbons (Fsp3) is 0.449. The third-order valence-corrected chi connectivity index (χ3v) is 26.2. The van der Waals surface area contributed by atoms with Crippen LogP contribution in [0.1, 0.15) is 209 Å². The van der Waals surface area contributed by atoms with Gasteiger partial charge in [-0.25, -0.2) is 9.36 Å². The molecule has 4 aliphatic rings. The molecule has 0 spiro atoms. The Kier molecular flexibility index (Phi) is 25.4. The van der Waals surface area contributed by atoms with Crippen LogP contribution in [-0.4, -0.2) is 141 Å². The van der Waals surface area contributed by atoms with Crippen molar-refractivity contribution >= 4 is 117 Å². The largest absolute Gasteiger partial charge is 0.500 e. The van der Waals surface area contributed by atoms with E-state index in [0.29, 0.717) is 0 Å². The maximum atomic E-state index is 6.20. The smallest absolute Gasteiger partial charge is 0.399 e. The molecule has 15 aromatic rings. The van der Waals surface area contributed by atoms with E-state index >= 15 is 0 Å². The van der Waals surface area contributed by atoms with Crippen LogP contribution in [0.4, 0.5) is 0 Å². The molecule has 642 valence electrons. The van der Waals surface area contributed by atoms with Crippen LogP contribution in [0.25, 0.3) is 99.2 Å². The number of hydrogen-bond acceptors (Lipinski definition) is 21. The van der Waals surface area contributed by atoms with E-state index in [4.69, 9.17) is 56.4 Å². The van der Waals surface area contributed by atoms with Crippen molar-refractivity contribution < 1.29 is 46.2 Å². The molecule has 0 bridgehead atoms. The molecule has 0 radical (unpaired) electrons. The lowest BCUT2D eigenvalue weighted by molar-refractivity contribution is -0.0408. The standard InChI is InChI=1S/C23H27N5O2.C18H19N5O.C16H27BN2O3.C13H12BrN3O.C11H18BNO3.C8H6Br2N2/c1-12-23-18(21-13(2)26-28(15(21)4)20-8-6-7-9-29-20)10-17(11-19(23)25-24-12)22-14(3)27-30-16(22)5;1-8-16(9(2)20-19-8)14-6-13(17-11(4)23-24-12(17)5)7-15-18(14)10(3)21-22-15;1-11-14(17-21-15(3,4)16(5,6)22-17)12(2)19(18-11)13-9-7-8-10-20-13;1-6-13-10(14)4-9(5-11(13)16-15-6)12-7(2)17-18-8(12)3;1-7-9(8(2)14-13-7)12-15-10(3,4)11(5,6)16-12;1-4-8-6(10)2-5(9)3-7(8)12-11-4/h10-11,20H,6-9H2,1-5H3,(H,24,25);6-7H,1-5H3,(H,19,20)(H,21,22);13H,7-10H2,1-6H3;4-5H,1-3H3,(H,15,16);1-6H3;2-3H,1H3,(H,11,12). The van der Waals surface area contributed by atoms with Crippen LogP contribution in [0.2, 0.25) is 0 Å². The summed E-state index contributed by atoms with van der Waals surface area (Å²) in [6, 6.07) is 16.7. The van der Waals surface area contributed by atoms with E-state index in [2.05, 4.69) is 216 Å².